The third-order valence-electron chi connectivity index (χ3n) is 2.39. The minimum absolute atomic E-state index is 0.124. The van der Waals surface area contributed by atoms with E-state index in [-0.39, 0.29) is 18.9 Å². The van der Waals surface area contributed by atoms with Crippen molar-refractivity contribution in [3.05, 3.63) is 24.7 Å². The fraction of sp³-hybridized carbons (Fsp3) is 0.273. The van der Waals surface area contributed by atoms with E-state index in [9.17, 15) is 9.59 Å². The maximum Gasteiger partial charge on any atom is 0.319 e. The number of carbonyl (C=O) groups is 2. The van der Waals surface area contributed by atoms with Crippen LogP contribution in [0.15, 0.2) is 24.7 Å². The maximum atomic E-state index is 11.6. The lowest BCUT2D eigenvalue weighted by Gasteiger charge is -2.07. The number of methoxy groups -OCH3 is 1. The predicted octanol–water partition coefficient (Wildman–Crippen LogP) is 0.414. The third kappa shape index (κ3) is 3.18. The van der Waals surface area contributed by atoms with Crippen molar-refractivity contribution in [2.75, 3.05) is 19.0 Å². The van der Waals surface area contributed by atoms with E-state index in [2.05, 4.69) is 25.5 Å². The summed E-state index contributed by atoms with van der Waals surface area (Å²) >= 11 is 0. The van der Waals surface area contributed by atoms with Crippen molar-refractivity contribution >= 4 is 23.3 Å². The lowest BCUT2D eigenvalue weighted by atomic mass is 10.4. The van der Waals surface area contributed by atoms with Gasteiger partial charge in [0.1, 0.15) is 6.33 Å². The Morgan fingerprint density at radius 1 is 1.47 bits per heavy atom. The highest BCUT2D eigenvalue weighted by molar-refractivity contribution is 5.93. The number of carbonyl (C=O) groups excluding carboxylic acids is 2. The van der Waals surface area contributed by atoms with E-state index in [0.717, 1.165) is 0 Å². The van der Waals surface area contributed by atoms with Crippen LogP contribution >= 0.6 is 0 Å². The Hall–Kier alpha value is -2.64. The first-order chi connectivity index (χ1) is 9.20. The highest BCUT2D eigenvalue weighted by Gasteiger charge is 2.07. The molecular formula is C11H13N5O3. The van der Waals surface area contributed by atoms with Crippen molar-refractivity contribution in [3.63, 3.8) is 0 Å². The first-order valence-electron chi connectivity index (χ1n) is 5.60. The minimum atomic E-state index is -0.417. The van der Waals surface area contributed by atoms with Gasteiger partial charge in [0.2, 0.25) is 0 Å². The molecule has 0 aliphatic rings. The second-order valence-corrected chi connectivity index (χ2v) is 3.66. The van der Waals surface area contributed by atoms with Crippen LogP contribution in [0, 0.1) is 0 Å². The zero-order chi connectivity index (χ0) is 13.7. The van der Waals surface area contributed by atoms with Gasteiger partial charge in [-0.25, -0.2) is 14.3 Å². The second-order valence-electron chi connectivity index (χ2n) is 3.66. The molecule has 0 unspecified atom stereocenters. The van der Waals surface area contributed by atoms with E-state index < -0.39 is 6.03 Å². The van der Waals surface area contributed by atoms with Gasteiger partial charge in [-0.05, 0) is 12.1 Å². The van der Waals surface area contributed by atoms with Gasteiger partial charge >= 0.3 is 12.0 Å². The standard InChI is InChI=1S/C11H13N5O3/c1-19-9(17)4-5-12-11(18)15-8-3-2-6-16-10(8)13-7-14-16/h2-3,6-7H,4-5H2,1H3,(H2,12,15,18). The Labute approximate surface area is 108 Å². The van der Waals surface area contributed by atoms with E-state index in [1.807, 2.05) is 0 Å². The SMILES string of the molecule is COC(=O)CCNC(=O)Nc1cccn2ncnc12. The molecule has 0 spiro atoms. The largest absolute Gasteiger partial charge is 0.469 e. The summed E-state index contributed by atoms with van der Waals surface area (Å²) in [4.78, 5) is 26.5. The third-order valence-corrected chi connectivity index (χ3v) is 2.39. The Bertz CT molecular complexity index is 595. The molecule has 8 nitrogen and oxygen atoms in total. The van der Waals surface area contributed by atoms with Crippen molar-refractivity contribution in [3.8, 4) is 0 Å². The Morgan fingerprint density at radius 2 is 2.32 bits per heavy atom. The monoisotopic (exact) mass is 263 g/mol. The Balaban J connectivity index is 1.92. The summed E-state index contributed by atoms with van der Waals surface area (Å²) in [7, 11) is 1.30. The van der Waals surface area contributed by atoms with Crippen molar-refractivity contribution in [2.24, 2.45) is 0 Å². The van der Waals surface area contributed by atoms with E-state index in [1.165, 1.54) is 13.4 Å². The van der Waals surface area contributed by atoms with Crippen molar-refractivity contribution in [1.29, 1.82) is 0 Å². The van der Waals surface area contributed by atoms with E-state index in [1.54, 1.807) is 22.8 Å². The van der Waals surface area contributed by atoms with Gasteiger partial charge < -0.3 is 15.4 Å². The van der Waals surface area contributed by atoms with Crippen LogP contribution in [0.1, 0.15) is 6.42 Å². The average molecular weight is 263 g/mol. The molecule has 0 saturated carbocycles. The number of esters is 1. The number of pyridine rings is 1. The molecule has 2 N–H and O–H groups in total. The highest BCUT2D eigenvalue weighted by atomic mass is 16.5. The molecule has 8 heteroatoms. The zero-order valence-corrected chi connectivity index (χ0v) is 10.3. The van der Waals surface area contributed by atoms with Crippen LogP contribution < -0.4 is 10.6 Å². The number of ether oxygens (including phenoxy) is 1. The van der Waals surface area contributed by atoms with Gasteiger partial charge in [0, 0.05) is 12.7 Å². The summed E-state index contributed by atoms with van der Waals surface area (Å²) < 4.78 is 6.01. The van der Waals surface area contributed by atoms with Crippen LogP contribution in [0.3, 0.4) is 0 Å². The van der Waals surface area contributed by atoms with Crippen LogP contribution in [-0.2, 0) is 9.53 Å². The van der Waals surface area contributed by atoms with Crippen LogP contribution in [0.25, 0.3) is 5.65 Å². The quantitative estimate of drug-likeness (QED) is 0.779. The average Bonchev–Trinajstić information content (AvgIpc) is 2.88. The van der Waals surface area contributed by atoms with Crippen LogP contribution in [0.5, 0.6) is 0 Å². The molecule has 0 saturated heterocycles. The summed E-state index contributed by atoms with van der Waals surface area (Å²) in [5, 5.41) is 9.14. The molecule has 2 heterocycles. The van der Waals surface area contributed by atoms with E-state index in [0.29, 0.717) is 11.3 Å². The predicted molar refractivity (Wildman–Crippen MR) is 66.6 cm³/mol. The first kappa shape index (κ1) is 12.8. The van der Waals surface area contributed by atoms with Crippen molar-refractivity contribution in [1.82, 2.24) is 19.9 Å². The molecule has 2 aromatic heterocycles. The van der Waals surface area contributed by atoms with E-state index >= 15 is 0 Å². The molecule has 0 radical (unpaired) electrons. The number of hydrogen-bond acceptors (Lipinski definition) is 5. The van der Waals surface area contributed by atoms with Crippen molar-refractivity contribution in [2.45, 2.75) is 6.42 Å². The topological polar surface area (TPSA) is 97.6 Å². The maximum absolute atomic E-state index is 11.6. The van der Waals surface area contributed by atoms with Gasteiger partial charge in [-0.1, -0.05) is 0 Å². The van der Waals surface area contributed by atoms with Gasteiger partial charge in [0.15, 0.2) is 5.65 Å². The van der Waals surface area contributed by atoms with Crippen LogP contribution in [0.2, 0.25) is 0 Å². The molecule has 100 valence electrons. The number of urea groups is 1. The molecule has 0 fully saturated rings. The molecule has 2 aromatic rings. The lowest BCUT2D eigenvalue weighted by molar-refractivity contribution is -0.140. The molecular weight excluding hydrogens is 250 g/mol. The summed E-state index contributed by atoms with van der Waals surface area (Å²) in [6.45, 7) is 0.203. The van der Waals surface area contributed by atoms with Gasteiger partial charge in [0.25, 0.3) is 0 Å². The van der Waals surface area contributed by atoms with Gasteiger partial charge in [-0.2, -0.15) is 5.10 Å². The Morgan fingerprint density at radius 3 is 3.11 bits per heavy atom. The number of nitrogens with zero attached hydrogens (tertiary/aromatic N) is 3. The smallest absolute Gasteiger partial charge is 0.319 e. The molecule has 2 rings (SSSR count). The van der Waals surface area contributed by atoms with Crippen LogP contribution in [0.4, 0.5) is 10.5 Å². The molecule has 2 amide bonds. The molecule has 0 bridgehead atoms. The molecule has 0 atom stereocenters. The minimum Gasteiger partial charge on any atom is -0.469 e. The fourth-order valence-corrected chi connectivity index (χ4v) is 1.49. The molecule has 0 aliphatic heterocycles. The summed E-state index contributed by atoms with van der Waals surface area (Å²) in [5.41, 5.74) is 1.08. The number of fused-ring (bicyclic) bond motifs is 1. The number of aromatic nitrogens is 3. The number of nitrogens with one attached hydrogen (secondary N) is 2. The number of amides is 2. The zero-order valence-electron chi connectivity index (χ0n) is 10.3. The summed E-state index contributed by atoms with van der Waals surface area (Å²) in [6, 6.07) is 3.04. The molecule has 0 aromatic carbocycles. The number of rotatable bonds is 4. The van der Waals surface area contributed by atoms with Gasteiger partial charge in [-0.15, -0.1) is 0 Å². The lowest BCUT2D eigenvalue weighted by Crippen LogP contribution is -2.31. The van der Waals surface area contributed by atoms with Gasteiger partial charge in [0.05, 0.1) is 19.2 Å². The summed E-state index contributed by atoms with van der Waals surface area (Å²) in [6.07, 6.45) is 3.25. The highest BCUT2D eigenvalue weighted by Crippen LogP contribution is 2.12. The van der Waals surface area contributed by atoms with Crippen LogP contribution in [-0.4, -0.2) is 40.3 Å². The second kappa shape index (κ2) is 5.80. The van der Waals surface area contributed by atoms with Gasteiger partial charge in [-0.3, -0.25) is 4.79 Å². The molecule has 19 heavy (non-hydrogen) atoms. The normalized spacial score (nSPS) is 10.2. The van der Waals surface area contributed by atoms with E-state index in [4.69, 9.17) is 0 Å². The molecule has 0 aliphatic carbocycles. The van der Waals surface area contributed by atoms with Crippen molar-refractivity contribution < 1.29 is 14.3 Å². The Kier molecular flexibility index (Phi) is 3.91. The number of anilines is 1. The first-order valence-corrected chi connectivity index (χ1v) is 5.60. The summed E-state index contributed by atoms with van der Waals surface area (Å²) in [5.74, 6) is -0.375. The fourth-order valence-electron chi connectivity index (χ4n) is 1.49. The number of hydrogen-bond donors (Lipinski definition) is 2.